The number of rotatable bonds is 5. The molecular weight excluding hydrogens is 327 g/mol. The summed E-state index contributed by atoms with van der Waals surface area (Å²) < 4.78 is 0.692. The zero-order valence-corrected chi connectivity index (χ0v) is 10.3. The second-order valence-electron chi connectivity index (χ2n) is 2.99. The van der Waals surface area contributed by atoms with Crippen molar-refractivity contribution in [1.82, 2.24) is 0 Å². The molecule has 0 aliphatic rings. The fourth-order valence-electron chi connectivity index (χ4n) is 1.07. The van der Waals surface area contributed by atoms with Gasteiger partial charge < -0.3 is 10.4 Å². The Morgan fingerprint density at radius 2 is 2.25 bits per heavy atom. The lowest BCUT2D eigenvalue weighted by atomic mass is 10.3. The van der Waals surface area contributed by atoms with Crippen molar-refractivity contribution in [3.05, 3.63) is 31.9 Å². The number of non-ortho nitro benzene ring substituents is 1. The second kappa shape index (κ2) is 5.64. The van der Waals surface area contributed by atoms with Gasteiger partial charge in [0.25, 0.3) is 5.69 Å². The van der Waals surface area contributed by atoms with Gasteiger partial charge in [0.2, 0.25) is 0 Å². The van der Waals surface area contributed by atoms with Gasteiger partial charge in [0.1, 0.15) is 0 Å². The fraction of sp³-hybridized carbons (Fsp3) is 0.222. The predicted molar refractivity (Wildman–Crippen MR) is 66.6 cm³/mol. The molecule has 1 aromatic carbocycles. The largest absolute Gasteiger partial charge is 0.481 e. The van der Waals surface area contributed by atoms with Crippen LogP contribution in [0, 0.1) is 13.7 Å². The number of nitro benzene ring substituents is 1. The van der Waals surface area contributed by atoms with Crippen LogP contribution in [0.25, 0.3) is 0 Å². The molecule has 0 amide bonds. The second-order valence-corrected chi connectivity index (χ2v) is 4.15. The first-order chi connectivity index (χ1) is 7.50. The Kier molecular flexibility index (Phi) is 4.47. The maximum atomic E-state index is 10.5. The van der Waals surface area contributed by atoms with Gasteiger partial charge in [0.15, 0.2) is 0 Å². The van der Waals surface area contributed by atoms with Crippen molar-refractivity contribution in [2.45, 2.75) is 6.42 Å². The van der Waals surface area contributed by atoms with Crippen LogP contribution in [0.4, 0.5) is 11.4 Å². The van der Waals surface area contributed by atoms with E-state index in [0.29, 0.717) is 15.8 Å². The van der Waals surface area contributed by atoms with E-state index >= 15 is 0 Å². The Morgan fingerprint density at radius 3 is 2.75 bits per heavy atom. The molecule has 7 heteroatoms. The summed E-state index contributed by atoms with van der Waals surface area (Å²) in [6, 6.07) is 4.39. The highest BCUT2D eigenvalue weighted by molar-refractivity contribution is 14.1. The van der Waals surface area contributed by atoms with E-state index in [1.807, 2.05) is 22.6 Å². The number of benzene rings is 1. The summed E-state index contributed by atoms with van der Waals surface area (Å²) in [5.74, 6) is -0.885. The van der Waals surface area contributed by atoms with Crippen LogP contribution in [-0.4, -0.2) is 22.5 Å². The van der Waals surface area contributed by atoms with Crippen molar-refractivity contribution in [3.63, 3.8) is 0 Å². The Bertz CT molecular complexity index is 422. The van der Waals surface area contributed by atoms with E-state index in [9.17, 15) is 14.9 Å². The van der Waals surface area contributed by atoms with Crippen LogP contribution in [0.5, 0.6) is 0 Å². The molecule has 0 unspecified atom stereocenters. The van der Waals surface area contributed by atoms with Crippen LogP contribution < -0.4 is 5.32 Å². The van der Waals surface area contributed by atoms with Crippen LogP contribution in [0.1, 0.15) is 6.42 Å². The third kappa shape index (κ3) is 3.65. The maximum Gasteiger partial charge on any atom is 0.305 e. The molecule has 0 heterocycles. The van der Waals surface area contributed by atoms with E-state index in [1.165, 1.54) is 12.1 Å². The maximum absolute atomic E-state index is 10.5. The Morgan fingerprint density at radius 1 is 1.56 bits per heavy atom. The number of halogens is 1. The van der Waals surface area contributed by atoms with E-state index in [0.717, 1.165) is 0 Å². The summed E-state index contributed by atoms with van der Waals surface area (Å²) >= 11 is 1.96. The number of aliphatic carboxylic acids is 1. The van der Waals surface area contributed by atoms with Gasteiger partial charge in [0.05, 0.1) is 11.3 Å². The fourth-order valence-corrected chi connectivity index (χ4v) is 1.75. The normalized spacial score (nSPS) is 9.81. The van der Waals surface area contributed by atoms with Crippen molar-refractivity contribution in [2.24, 2.45) is 0 Å². The van der Waals surface area contributed by atoms with Crippen LogP contribution in [0.2, 0.25) is 0 Å². The van der Waals surface area contributed by atoms with Crippen molar-refractivity contribution in [2.75, 3.05) is 11.9 Å². The highest BCUT2D eigenvalue weighted by Crippen LogP contribution is 2.23. The SMILES string of the molecule is O=C(O)CCNc1ccc([N+](=O)[O-])cc1I. The average molecular weight is 336 g/mol. The van der Waals surface area contributed by atoms with Crippen molar-refractivity contribution >= 4 is 39.9 Å². The molecule has 16 heavy (non-hydrogen) atoms. The monoisotopic (exact) mass is 336 g/mol. The lowest BCUT2D eigenvalue weighted by Gasteiger charge is -2.06. The minimum atomic E-state index is -0.885. The number of nitrogens with one attached hydrogen (secondary N) is 1. The molecule has 0 atom stereocenters. The number of anilines is 1. The molecule has 1 aromatic rings. The number of hydrogen-bond acceptors (Lipinski definition) is 4. The van der Waals surface area contributed by atoms with Crippen molar-refractivity contribution < 1.29 is 14.8 Å². The molecule has 1 rings (SSSR count). The molecule has 6 nitrogen and oxygen atoms in total. The third-order valence-electron chi connectivity index (χ3n) is 1.82. The lowest BCUT2D eigenvalue weighted by Crippen LogP contribution is -2.08. The van der Waals surface area contributed by atoms with E-state index in [2.05, 4.69) is 5.32 Å². The molecule has 86 valence electrons. The zero-order valence-electron chi connectivity index (χ0n) is 8.14. The summed E-state index contributed by atoms with van der Waals surface area (Å²) in [5.41, 5.74) is 0.723. The van der Waals surface area contributed by atoms with E-state index in [-0.39, 0.29) is 12.1 Å². The zero-order chi connectivity index (χ0) is 12.1. The molecule has 0 spiro atoms. The molecule has 0 aromatic heterocycles. The number of carboxylic acids is 1. The van der Waals surface area contributed by atoms with Crippen LogP contribution in [0.3, 0.4) is 0 Å². The first-order valence-electron chi connectivity index (χ1n) is 4.40. The van der Waals surface area contributed by atoms with Crippen LogP contribution in [-0.2, 0) is 4.79 Å². The molecule has 0 saturated heterocycles. The number of hydrogen-bond donors (Lipinski definition) is 2. The van der Waals surface area contributed by atoms with Crippen LogP contribution in [0.15, 0.2) is 18.2 Å². The Hall–Kier alpha value is -1.38. The standard InChI is InChI=1S/C9H9IN2O4/c10-7-5-6(12(15)16)1-2-8(7)11-4-3-9(13)14/h1-2,5,11H,3-4H2,(H,13,14). The summed E-state index contributed by atoms with van der Waals surface area (Å²) in [6.07, 6.45) is 0.00701. The highest BCUT2D eigenvalue weighted by atomic mass is 127. The molecule has 0 aliphatic carbocycles. The Labute approximate surface area is 105 Å². The van der Waals surface area contributed by atoms with E-state index in [4.69, 9.17) is 5.11 Å². The summed E-state index contributed by atoms with van der Waals surface area (Å²) in [4.78, 5) is 20.3. The number of nitrogens with zero attached hydrogens (tertiary/aromatic N) is 1. The lowest BCUT2D eigenvalue weighted by molar-refractivity contribution is -0.384. The topological polar surface area (TPSA) is 92.5 Å². The van der Waals surface area contributed by atoms with Crippen LogP contribution >= 0.6 is 22.6 Å². The van der Waals surface area contributed by atoms with Crippen molar-refractivity contribution in [3.8, 4) is 0 Å². The molecule has 2 N–H and O–H groups in total. The van der Waals surface area contributed by atoms with Gasteiger partial charge in [-0.2, -0.15) is 0 Å². The molecule has 0 aliphatic heterocycles. The van der Waals surface area contributed by atoms with Gasteiger partial charge in [-0.1, -0.05) is 0 Å². The average Bonchev–Trinajstić information content (AvgIpc) is 2.19. The van der Waals surface area contributed by atoms with Gasteiger partial charge in [-0.25, -0.2) is 0 Å². The molecule has 0 saturated carbocycles. The third-order valence-corrected chi connectivity index (χ3v) is 2.71. The van der Waals surface area contributed by atoms with Gasteiger partial charge in [-0.15, -0.1) is 0 Å². The summed E-state index contributed by atoms with van der Waals surface area (Å²) in [7, 11) is 0. The smallest absolute Gasteiger partial charge is 0.305 e. The Balaban J connectivity index is 2.68. The van der Waals surface area contributed by atoms with Crippen molar-refractivity contribution in [1.29, 1.82) is 0 Å². The highest BCUT2D eigenvalue weighted by Gasteiger charge is 2.08. The first kappa shape index (κ1) is 12.7. The molecule has 0 radical (unpaired) electrons. The molecule has 0 bridgehead atoms. The quantitative estimate of drug-likeness (QED) is 0.488. The summed E-state index contributed by atoms with van der Waals surface area (Å²) in [5, 5.41) is 21.8. The van der Waals surface area contributed by atoms with Gasteiger partial charge in [-0.05, 0) is 28.7 Å². The van der Waals surface area contributed by atoms with Gasteiger partial charge in [-0.3, -0.25) is 14.9 Å². The molecule has 0 fully saturated rings. The number of nitro groups is 1. The van der Waals surface area contributed by atoms with Gasteiger partial charge >= 0.3 is 5.97 Å². The summed E-state index contributed by atoms with van der Waals surface area (Å²) in [6.45, 7) is 0.295. The minimum absolute atomic E-state index is 0.00701. The van der Waals surface area contributed by atoms with Gasteiger partial charge in [0, 0.05) is 27.9 Å². The predicted octanol–water partition coefficient (Wildman–Crippen LogP) is 2.09. The number of carbonyl (C=O) groups is 1. The van der Waals surface area contributed by atoms with E-state index < -0.39 is 10.9 Å². The first-order valence-corrected chi connectivity index (χ1v) is 5.48. The molecular formula is C9H9IN2O4. The van der Waals surface area contributed by atoms with E-state index in [1.54, 1.807) is 6.07 Å². The number of carboxylic acid groups (broad SMARTS) is 1. The minimum Gasteiger partial charge on any atom is -0.481 e.